The first kappa shape index (κ1) is 31.9. The van der Waals surface area contributed by atoms with E-state index in [2.05, 4.69) is 194 Å². The second-order valence-corrected chi connectivity index (χ2v) is 16.6. The maximum absolute atomic E-state index is 6.73. The molecule has 1 nitrogen and oxygen atoms in total. The Morgan fingerprint density at radius 3 is 1.64 bits per heavy atom. The number of fused-ring (bicyclic) bond motifs is 12. The largest absolute Gasteiger partial charge is 0.456 e. The minimum atomic E-state index is 0.923. The maximum atomic E-state index is 6.73. The molecular weight excluding hydrogens is 721 g/mol. The van der Waals surface area contributed by atoms with Crippen LogP contribution in [0.4, 0.5) is 0 Å². The van der Waals surface area contributed by atoms with Gasteiger partial charge in [0.15, 0.2) is 0 Å². The molecule has 58 heavy (non-hydrogen) atoms. The molecule has 0 bridgehead atoms. The topological polar surface area (TPSA) is 13.1 Å². The van der Waals surface area contributed by atoms with Crippen LogP contribution in [0.1, 0.15) is 0 Å². The summed E-state index contributed by atoms with van der Waals surface area (Å²) in [6, 6.07) is 71.5. The van der Waals surface area contributed by atoms with Crippen molar-refractivity contribution in [2.24, 2.45) is 0 Å². The van der Waals surface area contributed by atoms with E-state index in [1.807, 2.05) is 11.3 Å². The molecule has 0 radical (unpaired) electrons. The molecule has 0 aliphatic rings. The molecule has 2 heteroatoms. The quantitative estimate of drug-likeness (QED) is 0.164. The molecular formula is C56H32OS. The second kappa shape index (κ2) is 12.1. The van der Waals surface area contributed by atoms with Gasteiger partial charge in [0, 0.05) is 30.9 Å². The molecule has 0 aliphatic heterocycles. The summed E-state index contributed by atoms with van der Waals surface area (Å²) in [4.78, 5) is 0. The molecule has 13 aromatic rings. The molecule has 0 spiro atoms. The molecule has 11 aromatic carbocycles. The van der Waals surface area contributed by atoms with Gasteiger partial charge in [-0.25, -0.2) is 0 Å². The van der Waals surface area contributed by atoms with Gasteiger partial charge in [0.2, 0.25) is 0 Å². The van der Waals surface area contributed by atoms with Crippen molar-refractivity contribution in [1.29, 1.82) is 0 Å². The van der Waals surface area contributed by atoms with Crippen LogP contribution in [-0.4, -0.2) is 0 Å². The van der Waals surface area contributed by atoms with Crippen molar-refractivity contribution in [2.75, 3.05) is 0 Å². The van der Waals surface area contributed by atoms with Gasteiger partial charge in [0.05, 0.1) is 0 Å². The molecule has 2 aromatic heterocycles. The molecule has 0 amide bonds. The molecule has 0 atom stereocenters. The van der Waals surface area contributed by atoms with Crippen molar-refractivity contribution in [1.82, 2.24) is 0 Å². The highest BCUT2D eigenvalue weighted by molar-refractivity contribution is 7.25. The van der Waals surface area contributed by atoms with Crippen LogP contribution in [0.2, 0.25) is 0 Å². The van der Waals surface area contributed by atoms with E-state index in [9.17, 15) is 0 Å². The second-order valence-electron chi connectivity index (χ2n) is 15.5. The number of furan rings is 1. The van der Waals surface area contributed by atoms with Gasteiger partial charge in [-0.3, -0.25) is 0 Å². The molecule has 2 heterocycles. The Morgan fingerprint density at radius 2 is 0.879 bits per heavy atom. The summed E-state index contributed by atoms with van der Waals surface area (Å²) in [5, 5.41) is 17.4. The van der Waals surface area contributed by atoms with Crippen molar-refractivity contribution in [2.45, 2.75) is 0 Å². The Bertz CT molecular complexity index is 3800. The van der Waals surface area contributed by atoms with Crippen molar-refractivity contribution in [3.05, 3.63) is 194 Å². The average Bonchev–Trinajstić information content (AvgIpc) is 3.83. The molecule has 0 fully saturated rings. The summed E-state index contributed by atoms with van der Waals surface area (Å²) in [5.74, 6) is 0. The number of hydrogen-bond acceptors (Lipinski definition) is 2. The van der Waals surface area contributed by atoms with Crippen LogP contribution < -0.4 is 0 Å². The van der Waals surface area contributed by atoms with Gasteiger partial charge in [-0.05, 0) is 124 Å². The van der Waals surface area contributed by atoms with E-state index < -0.39 is 0 Å². The van der Waals surface area contributed by atoms with Crippen LogP contribution in [0, 0.1) is 0 Å². The lowest BCUT2D eigenvalue weighted by Crippen LogP contribution is -1.91. The molecule has 13 rings (SSSR count). The Hall–Kier alpha value is -7.26. The van der Waals surface area contributed by atoms with E-state index in [1.54, 1.807) is 0 Å². The molecule has 0 aliphatic carbocycles. The molecule has 268 valence electrons. The number of hydrogen-bond donors (Lipinski definition) is 0. The van der Waals surface area contributed by atoms with Gasteiger partial charge in [0.25, 0.3) is 0 Å². The van der Waals surface area contributed by atoms with Gasteiger partial charge in [0.1, 0.15) is 11.2 Å². The van der Waals surface area contributed by atoms with Gasteiger partial charge in [-0.2, -0.15) is 0 Å². The zero-order valence-corrected chi connectivity index (χ0v) is 32.1. The van der Waals surface area contributed by atoms with Crippen LogP contribution >= 0.6 is 11.3 Å². The lowest BCUT2D eigenvalue weighted by atomic mass is 9.84. The fourth-order valence-corrected chi connectivity index (χ4v) is 11.0. The number of benzene rings is 11. The Labute approximate surface area is 337 Å². The molecule has 0 saturated carbocycles. The SMILES string of the molecule is c1ccc2c(-c3c4ccccc4c(-c4ccc5cc(-c6cc7oc8cc9c(cc8c7c7ccccc67)sc6ccccc69)ccc5c4)c4ccccc34)cccc2c1. The Morgan fingerprint density at radius 1 is 0.293 bits per heavy atom. The standard InChI is InChI=1S/C56H32OS/c1-2-14-38-33(12-1)13-11-22-41(38)55-45-20-7-5-18-43(45)54(44-19-6-8-21-46(44)55)37-27-25-34-28-36(26-24-35(34)29-37)47-30-51-56(42-17-4-3-15-39(42)47)49-32-53-48(31-50(49)57-51)40-16-9-10-23-52(40)58-53/h1-32H. The average molecular weight is 753 g/mol. The van der Waals surface area contributed by atoms with Crippen molar-refractivity contribution in [3.8, 4) is 33.4 Å². The first-order valence-corrected chi connectivity index (χ1v) is 20.7. The highest BCUT2D eigenvalue weighted by atomic mass is 32.1. The van der Waals surface area contributed by atoms with E-state index in [4.69, 9.17) is 4.42 Å². The molecule has 0 N–H and O–H groups in total. The summed E-state index contributed by atoms with van der Waals surface area (Å²) < 4.78 is 9.33. The van der Waals surface area contributed by atoms with Crippen LogP contribution in [0.3, 0.4) is 0 Å². The third-order valence-corrected chi connectivity index (χ3v) is 13.5. The van der Waals surface area contributed by atoms with Crippen LogP contribution in [0.5, 0.6) is 0 Å². The van der Waals surface area contributed by atoms with Crippen molar-refractivity contribution < 1.29 is 4.42 Å². The number of rotatable bonds is 3. The predicted molar refractivity (Wildman–Crippen MR) is 250 cm³/mol. The van der Waals surface area contributed by atoms with E-state index in [1.165, 1.54) is 118 Å². The summed E-state index contributed by atoms with van der Waals surface area (Å²) in [6.45, 7) is 0. The molecule has 0 saturated heterocycles. The van der Waals surface area contributed by atoms with Crippen LogP contribution in [0.15, 0.2) is 199 Å². The highest BCUT2D eigenvalue weighted by Gasteiger charge is 2.20. The maximum Gasteiger partial charge on any atom is 0.136 e. The fourth-order valence-electron chi connectivity index (χ4n) is 9.84. The van der Waals surface area contributed by atoms with Crippen molar-refractivity contribution >= 4 is 107 Å². The third-order valence-electron chi connectivity index (χ3n) is 12.4. The van der Waals surface area contributed by atoms with Crippen LogP contribution in [0.25, 0.3) is 129 Å². The highest BCUT2D eigenvalue weighted by Crippen LogP contribution is 2.47. The lowest BCUT2D eigenvalue weighted by Gasteiger charge is -2.19. The van der Waals surface area contributed by atoms with Gasteiger partial charge in [-0.15, -0.1) is 11.3 Å². The number of thiophene rings is 1. The monoisotopic (exact) mass is 752 g/mol. The van der Waals surface area contributed by atoms with Gasteiger partial charge in [-0.1, -0.05) is 158 Å². The lowest BCUT2D eigenvalue weighted by molar-refractivity contribution is 0.670. The molecule has 0 unspecified atom stereocenters. The summed E-state index contributed by atoms with van der Waals surface area (Å²) >= 11 is 1.85. The van der Waals surface area contributed by atoms with Gasteiger partial charge < -0.3 is 4.42 Å². The van der Waals surface area contributed by atoms with E-state index in [0.29, 0.717) is 0 Å². The van der Waals surface area contributed by atoms with Gasteiger partial charge >= 0.3 is 0 Å². The smallest absolute Gasteiger partial charge is 0.136 e. The van der Waals surface area contributed by atoms with E-state index in [-0.39, 0.29) is 0 Å². The summed E-state index contributed by atoms with van der Waals surface area (Å²) in [7, 11) is 0. The van der Waals surface area contributed by atoms with Crippen LogP contribution in [-0.2, 0) is 0 Å². The minimum absolute atomic E-state index is 0.923. The predicted octanol–water partition coefficient (Wildman–Crippen LogP) is 16.7. The fraction of sp³-hybridized carbons (Fsp3) is 0. The summed E-state index contributed by atoms with van der Waals surface area (Å²) in [5.41, 5.74) is 9.28. The minimum Gasteiger partial charge on any atom is -0.456 e. The van der Waals surface area contributed by atoms with E-state index >= 15 is 0 Å². The Kier molecular flexibility index (Phi) is 6.66. The third kappa shape index (κ3) is 4.58. The van der Waals surface area contributed by atoms with E-state index in [0.717, 1.165) is 11.2 Å². The zero-order chi connectivity index (χ0) is 37.9. The zero-order valence-electron chi connectivity index (χ0n) is 31.3. The summed E-state index contributed by atoms with van der Waals surface area (Å²) in [6.07, 6.45) is 0. The van der Waals surface area contributed by atoms with Crippen molar-refractivity contribution in [3.63, 3.8) is 0 Å². The normalized spacial score (nSPS) is 12.1. The first-order valence-electron chi connectivity index (χ1n) is 19.9. The first-order chi connectivity index (χ1) is 28.7. The Balaban J connectivity index is 0.980.